The standard InChI is InChI=1S/C27H22Cl2N4O4/c1-36-21-8-4-17-12-18-10-11-33(26(18)30-23(17)14-21)20-6-2-16(3-7-20)27(35)32-31-25(34)15-37-24-9-5-19(28)13-22(24)29/h2-9,12-14H,10-11,15H2,1H3,(H,31,34)(H,32,35). The maximum atomic E-state index is 12.5. The summed E-state index contributed by atoms with van der Waals surface area (Å²) in [7, 11) is 1.63. The lowest BCUT2D eigenvalue weighted by Crippen LogP contribution is -2.43. The van der Waals surface area contributed by atoms with E-state index in [4.69, 9.17) is 37.7 Å². The van der Waals surface area contributed by atoms with Gasteiger partial charge in [-0.3, -0.25) is 20.4 Å². The number of methoxy groups -OCH3 is 1. The Balaban J connectivity index is 1.20. The number of carbonyl (C=O) groups excluding carboxylic acids is 2. The van der Waals surface area contributed by atoms with Crippen LogP contribution in [0.3, 0.4) is 0 Å². The quantitative estimate of drug-likeness (QED) is 0.333. The van der Waals surface area contributed by atoms with Gasteiger partial charge in [-0.15, -0.1) is 0 Å². The molecule has 0 saturated heterocycles. The highest BCUT2D eigenvalue weighted by Gasteiger charge is 2.23. The van der Waals surface area contributed by atoms with Crippen molar-refractivity contribution >= 4 is 57.4 Å². The number of ether oxygens (including phenoxy) is 2. The minimum Gasteiger partial charge on any atom is -0.497 e. The van der Waals surface area contributed by atoms with Crippen molar-refractivity contribution in [1.29, 1.82) is 0 Å². The van der Waals surface area contributed by atoms with Crippen LogP contribution in [0, 0.1) is 0 Å². The fourth-order valence-electron chi connectivity index (χ4n) is 4.08. The molecule has 2 N–H and O–H groups in total. The molecule has 8 nitrogen and oxygen atoms in total. The predicted molar refractivity (Wildman–Crippen MR) is 143 cm³/mol. The topological polar surface area (TPSA) is 92.8 Å². The Hall–Kier alpha value is -4.01. The third-order valence-corrected chi connectivity index (χ3v) is 6.48. The van der Waals surface area contributed by atoms with Crippen LogP contribution in [0.2, 0.25) is 10.0 Å². The first kappa shape index (κ1) is 24.7. The summed E-state index contributed by atoms with van der Waals surface area (Å²) in [5.74, 6) is 0.966. The first-order valence-electron chi connectivity index (χ1n) is 11.4. The van der Waals surface area contributed by atoms with Crippen LogP contribution in [-0.4, -0.2) is 37.1 Å². The molecule has 37 heavy (non-hydrogen) atoms. The van der Waals surface area contributed by atoms with Gasteiger partial charge in [-0.05, 0) is 72.6 Å². The van der Waals surface area contributed by atoms with Crippen molar-refractivity contribution in [1.82, 2.24) is 15.8 Å². The first-order valence-corrected chi connectivity index (χ1v) is 12.2. The van der Waals surface area contributed by atoms with Gasteiger partial charge in [0.05, 0.1) is 17.6 Å². The molecule has 0 saturated carbocycles. The van der Waals surface area contributed by atoms with E-state index in [0.717, 1.165) is 41.1 Å². The molecule has 1 aliphatic rings. The number of carbonyl (C=O) groups is 2. The Bertz CT molecular complexity index is 1490. The van der Waals surface area contributed by atoms with Crippen LogP contribution in [0.25, 0.3) is 10.9 Å². The van der Waals surface area contributed by atoms with Gasteiger partial charge in [0.25, 0.3) is 11.8 Å². The van der Waals surface area contributed by atoms with Crippen LogP contribution < -0.4 is 25.2 Å². The number of hydrogen-bond donors (Lipinski definition) is 2. The summed E-state index contributed by atoms with van der Waals surface area (Å²) in [5.41, 5.74) is 8.05. The number of hydrogen-bond acceptors (Lipinski definition) is 6. The Morgan fingerprint density at radius 2 is 1.81 bits per heavy atom. The van der Waals surface area contributed by atoms with E-state index in [1.54, 1.807) is 31.4 Å². The van der Waals surface area contributed by atoms with Crippen LogP contribution in [0.1, 0.15) is 15.9 Å². The maximum absolute atomic E-state index is 12.5. The minimum atomic E-state index is -0.542. The smallest absolute Gasteiger partial charge is 0.276 e. The second kappa shape index (κ2) is 10.5. The fraction of sp³-hybridized carbons (Fsp3) is 0.148. The average Bonchev–Trinajstić information content (AvgIpc) is 3.32. The third-order valence-electron chi connectivity index (χ3n) is 5.95. The van der Waals surface area contributed by atoms with E-state index in [-0.39, 0.29) is 11.6 Å². The summed E-state index contributed by atoms with van der Waals surface area (Å²) in [6.45, 7) is 0.456. The number of benzene rings is 3. The zero-order valence-electron chi connectivity index (χ0n) is 19.8. The molecule has 2 heterocycles. The van der Waals surface area contributed by atoms with E-state index in [2.05, 4.69) is 21.8 Å². The molecule has 1 aliphatic heterocycles. The summed E-state index contributed by atoms with van der Waals surface area (Å²) in [5, 5.41) is 1.81. The van der Waals surface area contributed by atoms with E-state index >= 15 is 0 Å². The normalized spacial score (nSPS) is 12.2. The number of aromatic nitrogens is 1. The van der Waals surface area contributed by atoms with Gasteiger partial charge in [0.15, 0.2) is 6.61 Å². The Labute approximate surface area is 223 Å². The second-order valence-electron chi connectivity index (χ2n) is 8.34. The highest BCUT2D eigenvalue weighted by Crippen LogP contribution is 2.35. The SMILES string of the molecule is COc1ccc2cc3c(nc2c1)N(c1ccc(C(=O)NNC(=O)COc2ccc(Cl)cc2Cl)cc1)CC3. The van der Waals surface area contributed by atoms with Crippen LogP contribution in [-0.2, 0) is 11.2 Å². The number of pyridine rings is 1. The van der Waals surface area contributed by atoms with Crippen molar-refractivity contribution in [3.63, 3.8) is 0 Å². The molecule has 1 aromatic heterocycles. The predicted octanol–water partition coefficient (Wildman–Crippen LogP) is 5.08. The van der Waals surface area contributed by atoms with Gasteiger partial charge in [-0.2, -0.15) is 0 Å². The Morgan fingerprint density at radius 1 is 1.00 bits per heavy atom. The molecule has 3 aromatic carbocycles. The van der Waals surface area contributed by atoms with E-state index in [1.165, 1.54) is 11.6 Å². The lowest BCUT2D eigenvalue weighted by molar-refractivity contribution is -0.123. The van der Waals surface area contributed by atoms with E-state index in [0.29, 0.717) is 16.3 Å². The Kier molecular flexibility index (Phi) is 7.03. The molecule has 0 fully saturated rings. The van der Waals surface area contributed by atoms with Crippen molar-refractivity contribution in [2.24, 2.45) is 0 Å². The Morgan fingerprint density at radius 3 is 2.57 bits per heavy atom. The molecule has 2 amide bonds. The lowest BCUT2D eigenvalue weighted by atomic mass is 10.1. The molecule has 4 aromatic rings. The molecular weight excluding hydrogens is 515 g/mol. The maximum Gasteiger partial charge on any atom is 0.276 e. The molecule has 0 aliphatic carbocycles. The van der Waals surface area contributed by atoms with Crippen molar-refractivity contribution in [2.45, 2.75) is 6.42 Å². The van der Waals surface area contributed by atoms with Crippen LogP contribution >= 0.6 is 23.2 Å². The van der Waals surface area contributed by atoms with Gasteiger partial charge < -0.3 is 14.4 Å². The molecule has 0 bridgehead atoms. The van der Waals surface area contributed by atoms with Gasteiger partial charge in [0.2, 0.25) is 0 Å². The van der Waals surface area contributed by atoms with Gasteiger partial charge in [-0.1, -0.05) is 23.2 Å². The minimum absolute atomic E-state index is 0.285. The summed E-state index contributed by atoms with van der Waals surface area (Å²) in [6, 6.07) is 19.8. The van der Waals surface area contributed by atoms with Gasteiger partial charge in [-0.25, -0.2) is 4.98 Å². The number of fused-ring (bicyclic) bond motifs is 2. The van der Waals surface area contributed by atoms with Crippen LogP contribution in [0.5, 0.6) is 11.5 Å². The summed E-state index contributed by atoms with van der Waals surface area (Å²) >= 11 is 11.9. The van der Waals surface area contributed by atoms with E-state index < -0.39 is 11.8 Å². The number of anilines is 2. The monoisotopic (exact) mass is 536 g/mol. The van der Waals surface area contributed by atoms with Gasteiger partial charge in [0.1, 0.15) is 17.3 Å². The van der Waals surface area contributed by atoms with Crippen LogP contribution in [0.15, 0.2) is 66.7 Å². The summed E-state index contributed by atoms with van der Waals surface area (Å²) in [4.78, 5) is 31.6. The zero-order valence-corrected chi connectivity index (χ0v) is 21.3. The number of nitrogens with one attached hydrogen (secondary N) is 2. The van der Waals surface area contributed by atoms with E-state index in [9.17, 15) is 9.59 Å². The zero-order chi connectivity index (χ0) is 25.9. The highest BCUT2D eigenvalue weighted by molar-refractivity contribution is 6.35. The van der Waals surface area contributed by atoms with Gasteiger partial charge in [0, 0.05) is 34.3 Å². The molecule has 0 spiro atoms. The number of nitrogens with zero attached hydrogens (tertiary/aromatic N) is 2. The average molecular weight is 537 g/mol. The van der Waals surface area contributed by atoms with E-state index in [1.807, 2.05) is 30.3 Å². The third kappa shape index (κ3) is 5.40. The summed E-state index contributed by atoms with van der Waals surface area (Å²) < 4.78 is 10.7. The fourth-order valence-corrected chi connectivity index (χ4v) is 4.54. The number of amides is 2. The first-order chi connectivity index (χ1) is 17.9. The van der Waals surface area contributed by atoms with Crippen molar-refractivity contribution in [3.8, 4) is 11.5 Å². The molecule has 188 valence electrons. The highest BCUT2D eigenvalue weighted by atomic mass is 35.5. The molecule has 5 rings (SSSR count). The number of rotatable bonds is 6. The molecule has 0 unspecified atom stereocenters. The molecule has 0 radical (unpaired) electrons. The van der Waals surface area contributed by atoms with Crippen LogP contribution in [0.4, 0.5) is 11.5 Å². The molecule has 0 atom stereocenters. The summed E-state index contributed by atoms with van der Waals surface area (Å²) in [6.07, 6.45) is 0.877. The van der Waals surface area contributed by atoms with Crippen molar-refractivity contribution < 1.29 is 19.1 Å². The van der Waals surface area contributed by atoms with Crippen molar-refractivity contribution in [3.05, 3.63) is 87.9 Å². The lowest BCUT2D eigenvalue weighted by Gasteiger charge is -2.19. The van der Waals surface area contributed by atoms with Crippen molar-refractivity contribution in [2.75, 3.05) is 25.2 Å². The number of halogens is 2. The molecular formula is C27H22Cl2N4O4. The molecule has 10 heteroatoms. The van der Waals surface area contributed by atoms with Gasteiger partial charge >= 0.3 is 0 Å². The largest absolute Gasteiger partial charge is 0.497 e. The second-order valence-corrected chi connectivity index (χ2v) is 9.19. The number of hydrazine groups is 1.